The minimum absolute atomic E-state index is 0.256. The van der Waals surface area contributed by atoms with Crippen LogP contribution in [0.2, 0.25) is 0 Å². The zero-order valence-corrected chi connectivity index (χ0v) is 25.2. The Morgan fingerprint density at radius 1 is 1.07 bits per heavy atom. The van der Waals surface area contributed by atoms with Crippen molar-refractivity contribution in [1.82, 2.24) is 24.4 Å². The van der Waals surface area contributed by atoms with Crippen molar-refractivity contribution in [2.75, 3.05) is 62.2 Å². The second-order valence-electron chi connectivity index (χ2n) is 10.8. The number of carbonyl (C=O) groups is 1. The number of methoxy groups -OCH3 is 1. The summed E-state index contributed by atoms with van der Waals surface area (Å²) >= 11 is 0. The number of hydrogen-bond donors (Lipinski definition) is 4. The number of hydrogen-bond acceptors (Lipinski definition) is 10. The highest BCUT2D eigenvalue weighted by molar-refractivity contribution is 6.02. The van der Waals surface area contributed by atoms with E-state index in [1.54, 1.807) is 27.0 Å². The van der Waals surface area contributed by atoms with Gasteiger partial charge in [0.1, 0.15) is 12.1 Å². The SMILES string of the molecule is C=CC(=O)Nc1cc(Nc2ncnc(Nc3cc4ccn(C)c4cc3C(C)(C)O)n2)c(OC)cc1N(C)CCN(C)C. The van der Waals surface area contributed by atoms with Crippen LogP contribution in [0.15, 0.2) is 55.5 Å². The van der Waals surface area contributed by atoms with E-state index >= 15 is 0 Å². The number of carbonyl (C=O) groups excluding carboxylic acids is 1. The van der Waals surface area contributed by atoms with Gasteiger partial charge in [0.05, 0.1) is 29.8 Å². The molecule has 0 aliphatic heterocycles. The first-order valence-corrected chi connectivity index (χ1v) is 13.5. The Morgan fingerprint density at radius 2 is 1.76 bits per heavy atom. The molecule has 2 aromatic carbocycles. The normalized spacial score (nSPS) is 11.5. The molecule has 0 fully saturated rings. The van der Waals surface area contributed by atoms with Crippen molar-refractivity contribution in [3.8, 4) is 5.75 Å². The van der Waals surface area contributed by atoms with Crippen LogP contribution in [0.1, 0.15) is 19.4 Å². The number of amides is 1. The van der Waals surface area contributed by atoms with Crippen molar-refractivity contribution in [2.45, 2.75) is 19.4 Å². The molecular weight excluding hydrogens is 534 g/mol. The molecule has 0 aliphatic carbocycles. The molecule has 2 aromatic heterocycles. The third kappa shape index (κ3) is 6.96. The van der Waals surface area contributed by atoms with Gasteiger partial charge in [0.25, 0.3) is 0 Å². The van der Waals surface area contributed by atoms with Crippen LogP contribution < -0.4 is 25.6 Å². The smallest absolute Gasteiger partial charge is 0.247 e. The van der Waals surface area contributed by atoms with Gasteiger partial charge in [-0.1, -0.05) is 6.58 Å². The third-order valence-electron chi connectivity index (χ3n) is 6.80. The topological polar surface area (TPSA) is 133 Å². The zero-order valence-electron chi connectivity index (χ0n) is 25.2. The van der Waals surface area contributed by atoms with Gasteiger partial charge in [-0.05, 0) is 58.3 Å². The molecule has 42 heavy (non-hydrogen) atoms. The van der Waals surface area contributed by atoms with Crippen LogP contribution >= 0.6 is 0 Å². The lowest BCUT2D eigenvalue weighted by atomic mass is 9.95. The maximum absolute atomic E-state index is 12.3. The summed E-state index contributed by atoms with van der Waals surface area (Å²) in [6.07, 6.45) is 4.58. The van der Waals surface area contributed by atoms with E-state index in [2.05, 4.69) is 42.4 Å². The maximum atomic E-state index is 12.3. The molecule has 0 unspecified atom stereocenters. The van der Waals surface area contributed by atoms with Gasteiger partial charge in [-0.15, -0.1) is 0 Å². The van der Waals surface area contributed by atoms with Crippen molar-refractivity contribution in [2.24, 2.45) is 7.05 Å². The molecule has 4 N–H and O–H groups in total. The average Bonchev–Trinajstić information content (AvgIpc) is 3.30. The number of nitrogens with zero attached hydrogens (tertiary/aromatic N) is 6. The molecule has 2 heterocycles. The number of aliphatic hydroxyl groups is 1. The van der Waals surface area contributed by atoms with Crippen molar-refractivity contribution in [3.05, 3.63) is 61.1 Å². The Balaban J connectivity index is 1.67. The summed E-state index contributed by atoms with van der Waals surface area (Å²) in [6, 6.07) is 9.55. The number of rotatable bonds is 12. The highest BCUT2D eigenvalue weighted by atomic mass is 16.5. The fourth-order valence-electron chi connectivity index (χ4n) is 4.49. The number of anilines is 6. The predicted molar refractivity (Wildman–Crippen MR) is 168 cm³/mol. The Morgan fingerprint density at radius 3 is 2.38 bits per heavy atom. The van der Waals surface area contributed by atoms with Gasteiger partial charge in [0.2, 0.25) is 17.8 Å². The molecule has 0 radical (unpaired) electrons. The molecule has 0 spiro atoms. The Kier molecular flexibility index (Phi) is 8.98. The van der Waals surface area contributed by atoms with Crippen LogP contribution in [0.4, 0.5) is 34.6 Å². The average molecular weight is 574 g/mol. The molecule has 1 amide bonds. The summed E-state index contributed by atoms with van der Waals surface area (Å²) in [5.74, 6) is 0.740. The highest BCUT2D eigenvalue weighted by Crippen LogP contribution is 2.38. The van der Waals surface area contributed by atoms with Crippen LogP contribution in [-0.4, -0.2) is 76.8 Å². The van der Waals surface area contributed by atoms with Gasteiger partial charge in [0.15, 0.2) is 0 Å². The van der Waals surface area contributed by atoms with E-state index in [1.807, 2.05) is 68.1 Å². The van der Waals surface area contributed by atoms with E-state index in [4.69, 9.17) is 4.74 Å². The lowest BCUT2D eigenvalue weighted by molar-refractivity contribution is -0.111. The highest BCUT2D eigenvalue weighted by Gasteiger charge is 2.23. The second kappa shape index (κ2) is 12.5. The number of nitrogens with one attached hydrogen (secondary N) is 3. The van der Waals surface area contributed by atoms with E-state index in [1.165, 1.54) is 12.4 Å². The van der Waals surface area contributed by atoms with Crippen molar-refractivity contribution in [3.63, 3.8) is 0 Å². The van der Waals surface area contributed by atoms with Gasteiger partial charge in [0, 0.05) is 61.6 Å². The number of benzene rings is 2. The molecule has 4 aromatic rings. The van der Waals surface area contributed by atoms with Crippen molar-refractivity contribution < 1.29 is 14.6 Å². The van der Waals surface area contributed by atoms with Gasteiger partial charge in [-0.2, -0.15) is 4.98 Å². The summed E-state index contributed by atoms with van der Waals surface area (Å²) in [5, 5.41) is 21.2. The fraction of sp³-hybridized carbons (Fsp3) is 0.333. The molecule has 0 atom stereocenters. The lowest BCUT2D eigenvalue weighted by Gasteiger charge is -2.26. The first kappa shape index (κ1) is 30.3. The minimum atomic E-state index is -1.12. The molecular formula is C30H39N9O3. The Bertz CT molecular complexity index is 1590. The molecule has 222 valence electrons. The van der Waals surface area contributed by atoms with Crippen molar-refractivity contribution in [1.29, 1.82) is 0 Å². The summed E-state index contributed by atoms with van der Waals surface area (Å²) in [4.78, 5) is 29.5. The van der Waals surface area contributed by atoms with Crippen LogP contribution in [0.25, 0.3) is 10.9 Å². The van der Waals surface area contributed by atoms with Gasteiger partial charge in [-0.3, -0.25) is 4.79 Å². The molecule has 0 saturated carbocycles. The molecule has 0 bridgehead atoms. The standard InChI is InChI=1S/C30H39N9O3/c1-9-27(40)33-22-16-23(26(42-8)17-25(22)39(7)13-12-37(4)5)35-29-32-18-31-28(36-29)34-21-14-19-10-11-38(6)24(19)15-20(21)30(2,3)41/h9-11,14-18,41H,1,12-13H2,2-8H3,(H,33,40)(H2,31,32,34,35,36). The number of aryl methyl sites for hydroxylation is 1. The van der Waals surface area contributed by atoms with Gasteiger partial charge >= 0.3 is 0 Å². The molecule has 0 aliphatic rings. The van der Waals surface area contributed by atoms with Crippen molar-refractivity contribution >= 4 is 51.5 Å². The lowest BCUT2D eigenvalue weighted by Crippen LogP contribution is -2.29. The van der Waals surface area contributed by atoms with Gasteiger partial charge < -0.3 is 40.2 Å². The number of ether oxygens (including phenoxy) is 1. The monoisotopic (exact) mass is 573 g/mol. The summed E-state index contributed by atoms with van der Waals surface area (Å²) in [6.45, 7) is 8.59. The van der Waals surface area contributed by atoms with E-state index < -0.39 is 5.60 Å². The quantitative estimate of drug-likeness (QED) is 0.183. The number of aromatic nitrogens is 4. The van der Waals surface area contributed by atoms with E-state index in [0.29, 0.717) is 28.4 Å². The molecule has 4 rings (SSSR count). The van der Waals surface area contributed by atoms with Crippen LogP contribution in [0, 0.1) is 0 Å². The Labute approximate surface area is 246 Å². The Hall–Kier alpha value is -4.68. The fourth-order valence-corrected chi connectivity index (χ4v) is 4.49. The van der Waals surface area contributed by atoms with Crippen LogP contribution in [0.5, 0.6) is 5.75 Å². The van der Waals surface area contributed by atoms with E-state index in [-0.39, 0.29) is 17.8 Å². The summed E-state index contributed by atoms with van der Waals surface area (Å²) in [7, 11) is 9.50. The number of likely N-dealkylation sites (N-methyl/N-ethyl adjacent to an activating group) is 2. The maximum Gasteiger partial charge on any atom is 0.247 e. The van der Waals surface area contributed by atoms with Gasteiger partial charge in [-0.25, -0.2) is 9.97 Å². The first-order chi connectivity index (χ1) is 19.9. The largest absolute Gasteiger partial charge is 0.494 e. The second-order valence-corrected chi connectivity index (χ2v) is 10.8. The summed E-state index contributed by atoms with van der Waals surface area (Å²) in [5.41, 5.74) is 3.15. The number of fused-ring (bicyclic) bond motifs is 1. The predicted octanol–water partition coefficient (Wildman–Crippen LogP) is 4.21. The molecule has 12 nitrogen and oxygen atoms in total. The minimum Gasteiger partial charge on any atom is -0.494 e. The molecule has 12 heteroatoms. The molecule has 0 saturated heterocycles. The zero-order chi connectivity index (χ0) is 30.6. The third-order valence-corrected chi connectivity index (χ3v) is 6.80. The van der Waals surface area contributed by atoms with Crippen LogP contribution in [-0.2, 0) is 17.4 Å². The van der Waals surface area contributed by atoms with E-state index in [9.17, 15) is 9.90 Å². The summed E-state index contributed by atoms with van der Waals surface area (Å²) < 4.78 is 7.70. The first-order valence-electron chi connectivity index (χ1n) is 13.5. The van der Waals surface area contributed by atoms with Crippen LogP contribution in [0.3, 0.4) is 0 Å². The van der Waals surface area contributed by atoms with E-state index in [0.717, 1.165) is 29.7 Å².